The van der Waals surface area contributed by atoms with Gasteiger partial charge in [-0.25, -0.2) is 0 Å². The summed E-state index contributed by atoms with van der Waals surface area (Å²) in [7, 11) is 0. The maximum absolute atomic E-state index is 14.0. The Bertz CT molecular complexity index is 1290. The number of hydrogen-bond donors (Lipinski definition) is 1. The van der Waals surface area contributed by atoms with Gasteiger partial charge in [-0.15, -0.1) is 0 Å². The van der Waals surface area contributed by atoms with E-state index in [1.54, 1.807) is 12.4 Å². The highest BCUT2D eigenvalue weighted by atomic mass is 16.4. The van der Waals surface area contributed by atoms with Crippen molar-refractivity contribution < 1.29 is 14.7 Å². The van der Waals surface area contributed by atoms with E-state index in [4.69, 9.17) is 0 Å². The van der Waals surface area contributed by atoms with Gasteiger partial charge in [0.05, 0.1) is 5.41 Å². The Morgan fingerprint density at radius 1 is 0.975 bits per heavy atom. The molecule has 4 fully saturated rings. The van der Waals surface area contributed by atoms with E-state index in [0.29, 0.717) is 29.5 Å². The number of allylic oxidation sites excluding steroid dienone is 3. The lowest BCUT2D eigenvalue weighted by molar-refractivity contribution is -0.185. The second-order valence-corrected chi connectivity index (χ2v) is 15.8. The molecule has 0 saturated heterocycles. The summed E-state index contributed by atoms with van der Waals surface area (Å²) >= 11 is 0. The van der Waals surface area contributed by atoms with Crippen molar-refractivity contribution in [2.45, 2.75) is 99.8 Å². The Labute approximate surface area is 241 Å². The Morgan fingerprint density at radius 2 is 1.68 bits per heavy atom. The second-order valence-electron chi connectivity index (χ2n) is 15.8. The number of carbonyl (C=O) groups excluding carboxylic acids is 1. The molecule has 5 aliphatic carbocycles. The third-order valence-corrected chi connectivity index (χ3v) is 14.0. The van der Waals surface area contributed by atoms with E-state index >= 15 is 0 Å². The van der Waals surface area contributed by atoms with Crippen LogP contribution in [0.4, 0.5) is 0 Å². The lowest BCUT2D eigenvalue weighted by atomic mass is 9.33. The molecule has 1 N–H and O–H groups in total. The zero-order valence-electron chi connectivity index (χ0n) is 25.7. The number of pyridine rings is 1. The van der Waals surface area contributed by atoms with E-state index in [0.717, 1.165) is 62.5 Å². The number of nitrogens with zero attached hydrogens (tertiary/aromatic N) is 1. The van der Waals surface area contributed by atoms with Crippen LogP contribution in [0.2, 0.25) is 0 Å². The van der Waals surface area contributed by atoms with Gasteiger partial charge in [-0.05, 0) is 127 Å². The van der Waals surface area contributed by atoms with Crippen LogP contribution in [-0.2, 0) is 9.59 Å². The Kier molecular flexibility index (Phi) is 6.20. The molecule has 0 radical (unpaired) electrons. The standard InChI is InChI=1S/C36H49NO3/c1-22-10-15-36(31(39)40)17-16-34(6)26(29(36)23(22)2)8-9-28-33(5)21-25(20-24-12-18-37-19-13-24)30(38)32(3,4)27(33)11-14-35(28,34)7/h8,12-13,18-20,22-23,27-29H,9-11,14-17,21H2,1-7H3,(H,39,40)/b25-20-/t22-,23+,27+,28-,29+,33+,34-,35-,36+/m1/s1. The fraction of sp³-hybridized carbons (Fsp3) is 0.694. The summed E-state index contributed by atoms with van der Waals surface area (Å²) < 4.78 is 0. The number of carboxylic acid groups (broad SMARTS) is 1. The molecule has 0 aromatic carbocycles. The number of ketones is 1. The van der Waals surface area contributed by atoms with Crippen molar-refractivity contribution in [3.63, 3.8) is 0 Å². The van der Waals surface area contributed by atoms with E-state index in [2.05, 4.69) is 65.6 Å². The SMILES string of the molecule is C[C@H]1[C@H](C)CC[C@]2(C(=O)O)CC[C@]3(C)C(=CC[C@@H]4[C@@]5(C)C/C(=C/c6ccncc6)C(=O)C(C)(C)[C@@H]5CC[C@]43C)[C@H]12. The second kappa shape index (κ2) is 8.88. The van der Waals surface area contributed by atoms with Crippen LogP contribution in [0.15, 0.2) is 41.7 Å². The summed E-state index contributed by atoms with van der Waals surface area (Å²) in [6, 6.07) is 3.98. The average molecular weight is 544 g/mol. The molecular formula is C36H49NO3. The molecule has 1 aromatic rings. The molecule has 5 aliphatic rings. The maximum atomic E-state index is 14.0. The third kappa shape index (κ3) is 3.46. The highest BCUT2D eigenvalue weighted by molar-refractivity contribution is 6.04. The predicted octanol–water partition coefficient (Wildman–Crippen LogP) is 8.39. The number of rotatable bonds is 2. The number of carboxylic acids is 1. The molecule has 0 aliphatic heterocycles. The minimum Gasteiger partial charge on any atom is -0.481 e. The van der Waals surface area contributed by atoms with E-state index in [1.165, 1.54) is 5.57 Å². The smallest absolute Gasteiger partial charge is 0.310 e. The van der Waals surface area contributed by atoms with Crippen LogP contribution in [0.25, 0.3) is 6.08 Å². The summed E-state index contributed by atoms with van der Waals surface area (Å²) in [6.07, 6.45) is 15.8. The summed E-state index contributed by atoms with van der Waals surface area (Å²) in [5, 5.41) is 10.7. The van der Waals surface area contributed by atoms with Crippen molar-refractivity contribution in [3.05, 3.63) is 47.3 Å². The van der Waals surface area contributed by atoms with Crippen LogP contribution in [0.3, 0.4) is 0 Å². The van der Waals surface area contributed by atoms with Crippen molar-refractivity contribution in [3.8, 4) is 0 Å². The summed E-state index contributed by atoms with van der Waals surface area (Å²) in [6.45, 7) is 16.6. The van der Waals surface area contributed by atoms with Crippen molar-refractivity contribution in [1.29, 1.82) is 0 Å². The molecule has 4 nitrogen and oxygen atoms in total. The van der Waals surface area contributed by atoms with Gasteiger partial charge in [0.15, 0.2) is 5.78 Å². The van der Waals surface area contributed by atoms with Crippen molar-refractivity contribution in [2.75, 3.05) is 0 Å². The quantitative estimate of drug-likeness (QED) is 0.300. The molecule has 40 heavy (non-hydrogen) atoms. The van der Waals surface area contributed by atoms with Crippen molar-refractivity contribution in [2.24, 2.45) is 56.7 Å². The molecule has 0 amide bonds. The van der Waals surface area contributed by atoms with Gasteiger partial charge in [0.2, 0.25) is 0 Å². The van der Waals surface area contributed by atoms with E-state index < -0.39 is 16.8 Å². The molecule has 4 heteroatoms. The Balaban J connectivity index is 1.46. The Morgan fingerprint density at radius 3 is 2.35 bits per heavy atom. The molecule has 9 atom stereocenters. The highest BCUT2D eigenvalue weighted by Crippen LogP contribution is 2.75. The molecule has 6 rings (SSSR count). The van der Waals surface area contributed by atoms with Crippen LogP contribution in [0.5, 0.6) is 0 Å². The molecule has 1 aromatic heterocycles. The van der Waals surface area contributed by atoms with Gasteiger partial charge < -0.3 is 5.11 Å². The minimum absolute atomic E-state index is 0.00111. The van der Waals surface area contributed by atoms with Crippen molar-refractivity contribution >= 4 is 17.8 Å². The Hall–Kier alpha value is -2.23. The van der Waals surface area contributed by atoms with E-state index in [1.807, 2.05) is 12.1 Å². The van der Waals surface area contributed by atoms with E-state index in [-0.39, 0.29) is 22.2 Å². The van der Waals surface area contributed by atoms with Gasteiger partial charge in [0.25, 0.3) is 0 Å². The van der Waals surface area contributed by atoms with E-state index in [9.17, 15) is 14.7 Å². The molecular weight excluding hydrogens is 494 g/mol. The number of fused-ring (bicyclic) bond motifs is 7. The molecule has 4 saturated carbocycles. The monoisotopic (exact) mass is 543 g/mol. The molecule has 1 heterocycles. The minimum atomic E-state index is -0.610. The van der Waals surface area contributed by atoms with Gasteiger partial charge in [-0.1, -0.05) is 60.1 Å². The molecule has 0 spiro atoms. The largest absolute Gasteiger partial charge is 0.481 e. The first-order chi connectivity index (χ1) is 18.7. The fourth-order valence-electron chi connectivity index (χ4n) is 11.5. The summed E-state index contributed by atoms with van der Waals surface area (Å²) in [5.74, 6) is 1.59. The first-order valence-electron chi connectivity index (χ1n) is 15.8. The number of aliphatic carboxylic acids is 1. The summed E-state index contributed by atoms with van der Waals surface area (Å²) in [5.41, 5.74) is 2.52. The van der Waals surface area contributed by atoms with Crippen LogP contribution in [-0.4, -0.2) is 21.8 Å². The zero-order chi connectivity index (χ0) is 28.9. The number of hydrogen-bond acceptors (Lipinski definition) is 3. The number of carbonyl (C=O) groups is 2. The number of aromatic nitrogens is 1. The normalized spacial score (nSPS) is 46.9. The van der Waals surface area contributed by atoms with Crippen LogP contribution < -0.4 is 0 Å². The van der Waals surface area contributed by atoms with Gasteiger partial charge in [-0.3, -0.25) is 14.6 Å². The number of Topliss-reactive ketones (excluding diaryl/α,β-unsaturated/α-hetero) is 1. The van der Waals surface area contributed by atoms with Crippen molar-refractivity contribution in [1.82, 2.24) is 4.98 Å². The first kappa shape index (κ1) is 27.9. The highest BCUT2D eigenvalue weighted by Gasteiger charge is 2.70. The predicted molar refractivity (Wildman–Crippen MR) is 159 cm³/mol. The third-order valence-electron chi connectivity index (χ3n) is 14.0. The van der Waals surface area contributed by atoms with Crippen LogP contribution in [0, 0.1) is 56.7 Å². The van der Waals surface area contributed by atoms with Gasteiger partial charge in [-0.2, -0.15) is 0 Å². The van der Waals surface area contributed by atoms with Crippen LogP contribution in [0.1, 0.15) is 105 Å². The molecule has 0 bridgehead atoms. The molecule has 216 valence electrons. The van der Waals surface area contributed by atoms with Crippen LogP contribution >= 0.6 is 0 Å². The lowest BCUT2D eigenvalue weighted by Crippen LogP contribution is -2.65. The first-order valence-corrected chi connectivity index (χ1v) is 15.8. The lowest BCUT2D eigenvalue weighted by Gasteiger charge is -2.70. The average Bonchev–Trinajstić information content (AvgIpc) is 2.90. The van der Waals surface area contributed by atoms with Gasteiger partial charge in [0.1, 0.15) is 0 Å². The van der Waals surface area contributed by atoms with Gasteiger partial charge >= 0.3 is 5.97 Å². The molecule has 0 unspecified atom stereocenters. The summed E-state index contributed by atoms with van der Waals surface area (Å²) in [4.78, 5) is 31.1. The fourth-order valence-corrected chi connectivity index (χ4v) is 11.5. The zero-order valence-corrected chi connectivity index (χ0v) is 25.7. The maximum Gasteiger partial charge on any atom is 0.310 e. The van der Waals surface area contributed by atoms with Gasteiger partial charge in [0, 0.05) is 17.8 Å². The topological polar surface area (TPSA) is 67.3 Å².